The molecular weight excluding hydrogens is 409 g/mol. The number of alkyl halides is 1. The van der Waals surface area contributed by atoms with E-state index in [0.717, 1.165) is 4.90 Å². The van der Waals surface area contributed by atoms with Crippen LogP contribution in [0.4, 0.5) is 4.39 Å². The molecule has 3 atom stereocenters. The van der Waals surface area contributed by atoms with E-state index in [1.807, 2.05) is 6.07 Å². The second kappa shape index (κ2) is 9.07. The molecule has 1 amide bonds. The summed E-state index contributed by atoms with van der Waals surface area (Å²) in [6.45, 7) is 2.71. The maximum absolute atomic E-state index is 13.7. The molecule has 1 aliphatic heterocycles. The van der Waals surface area contributed by atoms with Crippen molar-refractivity contribution >= 4 is 28.2 Å². The highest BCUT2D eigenvalue weighted by atomic mass is 35.5. The number of nitrogens with zero attached hydrogens (tertiary/aromatic N) is 2. The molecule has 1 fully saturated rings. The van der Waals surface area contributed by atoms with Crippen LogP contribution in [-0.2, 0) is 20.4 Å². The number of halogens is 2. The molecule has 0 radical (unpaired) electrons. The molecule has 0 aromatic heterocycles. The van der Waals surface area contributed by atoms with E-state index >= 15 is 0 Å². The highest BCUT2D eigenvalue weighted by Gasteiger charge is 2.54. The van der Waals surface area contributed by atoms with Crippen LogP contribution < -0.4 is 10.5 Å². The van der Waals surface area contributed by atoms with Crippen molar-refractivity contribution in [3.63, 3.8) is 0 Å². The van der Waals surface area contributed by atoms with Crippen LogP contribution in [0.15, 0.2) is 24.3 Å². The van der Waals surface area contributed by atoms with Gasteiger partial charge in [0.2, 0.25) is 4.87 Å². The first-order chi connectivity index (χ1) is 12.6. The first-order valence-corrected chi connectivity index (χ1v) is 10.2. The molecule has 1 aromatic carbocycles. The summed E-state index contributed by atoms with van der Waals surface area (Å²) in [6.07, 6.45) is -1.52. The Bertz CT molecular complexity index is 841. The number of carbonyl (C=O) groups is 1. The van der Waals surface area contributed by atoms with Gasteiger partial charge in [0.1, 0.15) is 18.0 Å². The van der Waals surface area contributed by atoms with Gasteiger partial charge in [0.05, 0.1) is 25.5 Å². The number of ether oxygens (including phenoxy) is 1. The molecule has 10 heteroatoms. The van der Waals surface area contributed by atoms with Crippen LogP contribution in [0.25, 0.3) is 0 Å². The number of rotatable bonds is 6. The first kappa shape index (κ1) is 24.1. The smallest absolute Gasteiger partial charge is 0.259 e. The Kier molecular flexibility index (Phi) is 7.82. The molecule has 0 saturated carbocycles. The summed E-state index contributed by atoms with van der Waals surface area (Å²) >= 11 is 0. The molecule has 28 heavy (non-hydrogen) atoms. The molecule has 2 N–H and O–H groups in total. The van der Waals surface area contributed by atoms with Gasteiger partial charge in [0.15, 0.2) is 9.84 Å². The topological polar surface area (TPSA) is 113 Å². The Labute approximate surface area is 171 Å². The normalized spacial score (nSPS) is 21.5. The van der Waals surface area contributed by atoms with Crippen LogP contribution in [0, 0.1) is 17.2 Å². The highest BCUT2D eigenvalue weighted by Crippen LogP contribution is 2.31. The van der Waals surface area contributed by atoms with Gasteiger partial charge in [-0.25, -0.2) is 12.8 Å². The summed E-state index contributed by atoms with van der Waals surface area (Å²) in [4.78, 5) is 11.7. The Balaban J connectivity index is 0.00000392. The zero-order chi connectivity index (χ0) is 20.4. The largest absolute Gasteiger partial charge is 0.497 e. The fraction of sp³-hybridized carbons (Fsp3) is 0.556. The summed E-state index contributed by atoms with van der Waals surface area (Å²) in [6, 6.07) is 7.20. The number of carbonyl (C=O) groups excluding carboxylic acids is 1. The first-order valence-electron chi connectivity index (χ1n) is 8.55. The number of hydrogen-bond donors (Lipinski definition) is 1. The summed E-state index contributed by atoms with van der Waals surface area (Å²) in [7, 11) is -2.67. The van der Waals surface area contributed by atoms with E-state index in [1.165, 1.54) is 21.0 Å². The van der Waals surface area contributed by atoms with Crippen LogP contribution >= 0.6 is 12.4 Å². The van der Waals surface area contributed by atoms with Crippen molar-refractivity contribution in [1.29, 1.82) is 5.26 Å². The van der Waals surface area contributed by atoms with E-state index in [-0.39, 0.29) is 25.4 Å². The molecule has 1 heterocycles. The van der Waals surface area contributed by atoms with E-state index in [1.54, 1.807) is 24.3 Å². The van der Waals surface area contributed by atoms with Crippen molar-refractivity contribution in [3.05, 3.63) is 29.8 Å². The number of hydrogen-bond acceptors (Lipinski definition) is 6. The minimum absolute atomic E-state index is 0. The lowest BCUT2D eigenvalue weighted by Crippen LogP contribution is -2.64. The number of methoxy groups -OCH3 is 1. The number of nitriles is 1. The number of nitrogens with two attached hydrogens (primary N) is 1. The lowest BCUT2D eigenvalue weighted by atomic mass is 10.0. The van der Waals surface area contributed by atoms with Crippen molar-refractivity contribution in [2.45, 2.75) is 43.1 Å². The van der Waals surface area contributed by atoms with Crippen molar-refractivity contribution in [2.75, 3.05) is 13.7 Å². The molecule has 1 saturated heterocycles. The molecule has 7 nitrogen and oxygen atoms in total. The zero-order valence-electron chi connectivity index (χ0n) is 16.0. The van der Waals surface area contributed by atoms with E-state index in [2.05, 4.69) is 0 Å². The second-order valence-electron chi connectivity index (χ2n) is 6.99. The molecule has 0 spiro atoms. The number of sulfone groups is 1. The minimum Gasteiger partial charge on any atom is -0.497 e. The van der Waals surface area contributed by atoms with Gasteiger partial charge in [-0.05, 0) is 23.6 Å². The van der Waals surface area contributed by atoms with E-state index < -0.39 is 44.5 Å². The van der Waals surface area contributed by atoms with Crippen LogP contribution in [0.2, 0.25) is 0 Å². The molecular formula is C18H25ClFN3O4S. The third kappa shape index (κ3) is 4.40. The van der Waals surface area contributed by atoms with Gasteiger partial charge < -0.3 is 15.4 Å². The standard InChI is InChI=1S/C18H24FN3O4S.ClH/c1-12(2)18(21,17(23)22-10-14(19)8-15(22)9-20)27(24,25)11-13-4-6-16(26-3)7-5-13;/h4-7,12,14-15H,8,10-11,21H2,1-3H3;1H/t14-,15-,18+;/m0./s1. The van der Waals surface area contributed by atoms with Crippen molar-refractivity contribution in [3.8, 4) is 11.8 Å². The number of benzene rings is 1. The lowest BCUT2D eigenvalue weighted by Gasteiger charge is -2.36. The maximum Gasteiger partial charge on any atom is 0.259 e. The summed E-state index contributed by atoms with van der Waals surface area (Å²) < 4.78 is 45.0. The van der Waals surface area contributed by atoms with Gasteiger partial charge in [-0.3, -0.25) is 4.79 Å². The molecule has 0 unspecified atom stereocenters. The summed E-state index contributed by atoms with van der Waals surface area (Å²) in [5.74, 6) is -1.59. The predicted molar refractivity (Wildman–Crippen MR) is 105 cm³/mol. The number of amides is 1. The molecule has 156 valence electrons. The SMILES string of the molecule is COc1ccc(CS(=O)(=O)[C@@](N)(C(=O)N2C[C@@H](F)C[C@H]2C#N)C(C)C)cc1.Cl. The van der Waals surface area contributed by atoms with Gasteiger partial charge in [-0.15, -0.1) is 12.4 Å². The molecule has 0 aliphatic carbocycles. The lowest BCUT2D eigenvalue weighted by molar-refractivity contribution is -0.135. The van der Waals surface area contributed by atoms with Gasteiger partial charge >= 0.3 is 0 Å². The van der Waals surface area contributed by atoms with Crippen LogP contribution in [-0.4, -0.2) is 50.0 Å². The highest BCUT2D eigenvalue weighted by molar-refractivity contribution is 7.92. The molecule has 0 bridgehead atoms. The van der Waals surface area contributed by atoms with Gasteiger partial charge in [-0.2, -0.15) is 5.26 Å². The minimum atomic E-state index is -4.17. The Morgan fingerprint density at radius 1 is 1.43 bits per heavy atom. The average Bonchev–Trinajstić information content (AvgIpc) is 3.01. The van der Waals surface area contributed by atoms with Crippen molar-refractivity contribution < 1.29 is 22.3 Å². The molecule has 1 aliphatic rings. The van der Waals surface area contributed by atoms with Crippen molar-refractivity contribution in [1.82, 2.24) is 4.90 Å². The predicted octanol–water partition coefficient (Wildman–Crippen LogP) is 1.81. The van der Waals surface area contributed by atoms with Crippen LogP contribution in [0.3, 0.4) is 0 Å². The number of likely N-dealkylation sites (tertiary alicyclic amines) is 1. The van der Waals surface area contributed by atoms with Gasteiger partial charge in [0, 0.05) is 6.42 Å². The summed E-state index contributed by atoms with van der Waals surface area (Å²) in [5.41, 5.74) is 6.62. The molecule has 1 aromatic rings. The Morgan fingerprint density at radius 2 is 2.00 bits per heavy atom. The Morgan fingerprint density at radius 3 is 2.46 bits per heavy atom. The third-order valence-electron chi connectivity index (χ3n) is 4.88. The quantitative estimate of drug-likeness (QED) is 0.731. The maximum atomic E-state index is 13.7. The fourth-order valence-corrected chi connectivity index (χ4v) is 5.13. The van der Waals surface area contributed by atoms with E-state index in [9.17, 15) is 22.9 Å². The third-order valence-corrected chi connectivity index (χ3v) is 7.27. The Hall–Kier alpha value is -1.89. The second-order valence-corrected chi connectivity index (χ2v) is 9.18. The van der Waals surface area contributed by atoms with Gasteiger partial charge in [-0.1, -0.05) is 26.0 Å². The summed E-state index contributed by atoms with van der Waals surface area (Å²) in [5, 5.41) is 9.18. The fourth-order valence-electron chi connectivity index (χ4n) is 3.16. The zero-order valence-corrected chi connectivity index (χ0v) is 17.6. The van der Waals surface area contributed by atoms with Crippen LogP contribution in [0.5, 0.6) is 5.75 Å². The van der Waals surface area contributed by atoms with Gasteiger partial charge in [0.25, 0.3) is 5.91 Å². The van der Waals surface area contributed by atoms with E-state index in [0.29, 0.717) is 11.3 Å². The van der Waals surface area contributed by atoms with Crippen LogP contribution in [0.1, 0.15) is 25.8 Å². The molecule has 2 rings (SSSR count). The monoisotopic (exact) mass is 433 g/mol. The average molecular weight is 434 g/mol. The van der Waals surface area contributed by atoms with Crippen molar-refractivity contribution in [2.24, 2.45) is 11.7 Å². The van der Waals surface area contributed by atoms with E-state index in [4.69, 9.17) is 10.5 Å².